The van der Waals surface area contributed by atoms with Crippen molar-refractivity contribution in [3.8, 4) is 5.75 Å². The van der Waals surface area contributed by atoms with Gasteiger partial charge in [-0.3, -0.25) is 9.69 Å². The second kappa shape index (κ2) is 11.6. The van der Waals surface area contributed by atoms with E-state index >= 15 is 0 Å². The van der Waals surface area contributed by atoms with E-state index < -0.39 is 0 Å². The summed E-state index contributed by atoms with van der Waals surface area (Å²) in [5.74, 6) is 0.629. The average Bonchev–Trinajstić information content (AvgIpc) is 3.17. The van der Waals surface area contributed by atoms with Crippen LogP contribution in [0.25, 0.3) is 6.08 Å². The first-order chi connectivity index (χ1) is 18.0. The van der Waals surface area contributed by atoms with Gasteiger partial charge in [-0.1, -0.05) is 41.4 Å². The number of thioether (sulfide) groups is 1. The fraction of sp³-hybridized carbons (Fsp3) is 0.214. The van der Waals surface area contributed by atoms with Crippen molar-refractivity contribution in [3.05, 3.63) is 92.8 Å². The second-order valence-corrected chi connectivity index (χ2v) is 10.4. The lowest BCUT2D eigenvalue weighted by atomic mass is 10.2. The van der Waals surface area contributed by atoms with Crippen LogP contribution < -0.4 is 9.64 Å². The molecule has 0 saturated carbocycles. The van der Waals surface area contributed by atoms with Crippen molar-refractivity contribution in [2.45, 2.75) is 6.61 Å². The Labute approximate surface area is 230 Å². The number of carbonyl (C=O) groups excluding carboxylic acids is 1. The molecule has 37 heavy (non-hydrogen) atoms. The number of rotatable bonds is 6. The molecule has 3 aromatic rings. The monoisotopic (exact) mass is 553 g/mol. The van der Waals surface area contributed by atoms with Crippen LogP contribution in [0.3, 0.4) is 0 Å². The van der Waals surface area contributed by atoms with E-state index in [2.05, 4.69) is 17.0 Å². The second-order valence-electron chi connectivity index (χ2n) is 8.58. The van der Waals surface area contributed by atoms with Crippen LogP contribution in [0.2, 0.25) is 10.0 Å². The molecule has 2 aliphatic rings. The zero-order valence-electron chi connectivity index (χ0n) is 20.2. The van der Waals surface area contributed by atoms with Crippen molar-refractivity contribution in [1.29, 1.82) is 0 Å². The summed E-state index contributed by atoms with van der Waals surface area (Å²) in [7, 11) is 1.75. The Hall–Kier alpha value is -2.97. The maximum absolute atomic E-state index is 12.8. The lowest BCUT2D eigenvalue weighted by Gasteiger charge is -2.28. The van der Waals surface area contributed by atoms with Gasteiger partial charge in [0.1, 0.15) is 12.4 Å². The van der Waals surface area contributed by atoms with Gasteiger partial charge in [0.15, 0.2) is 5.17 Å². The number of amides is 1. The van der Waals surface area contributed by atoms with Crippen LogP contribution in [0, 0.1) is 0 Å². The van der Waals surface area contributed by atoms with Gasteiger partial charge in [0.2, 0.25) is 0 Å². The highest BCUT2D eigenvalue weighted by atomic mass is 35.5. The third-order valence-electron chi connectivity index (χ3n) is 6.04. The molecule has 190 valence electrons. The summed E-state index contributed by atoms with van der Waals surface area (Å²) < 4.78 is 11.3. The Morgan fingerprint density at radius 2 is 1.76 bits per heavy atom. The van der Waals surface area contributed by atoms with E-state index in [1.807, 2.05) is 48.5 Å². The largest absolute Gasteiger partial charge is 0.489 e. The number of nitrogens with zero attached hydrogens (tertiary/aromatic N) is 3. The van der Waals surface area contributed by atoms with Crippen LogP contribution >= 0.6 is 35.0 Å². The number of carbonyl (C=O) groups is 1. The van der Waals surface area contributed by atoms with Crippen LogP contribution in [-0.4, -0.2) is 49.3 Å². The van der Waals surface area contributed by atoms with Gasteiger partial charge in [-0.25, -0.2) is 4.99 Å². The Balaban J connectivity index is 1.23. The highest BCUT2D eigenvalue weighted by molar-refractivity contribution is 8.18. The van der Waals surface area contributed by atoms with Crippen LogP contribution in [0.4, 0.5) is 11.4 Å². The summed E-state index contributed by atoms with van der Waals surface area (Å²) >= 11 is 13.5. The minimum atomic E-state index is -0.0774. The summed E-state index contributed by atoms with van der Waals surface area (Å²) in [6, 6.07) is 21.0. The van der Waals surface area contributed by atoms with E-state index in [-0.39, 0.29) is 5.91 Å². The number of benzene rings is 3. The van der Waals surface area contributed by atoms with Crippen LogP contribution in [-0.2, 0) is 16.1 Å². The topological polar surface area (TPSA) is 54.4 Å². The van der Waals surface area contributed by atoms with Crippen molar-refractivity contribution in [2.75, 3.05) is 38.3 Å². The molecule has 5 rings (SSSR count). The van der Waals surface area contributed by atoms with Crippen molar-refractivity contribution in [2.24, 2.45) is 4.99 Å². The van der Waals surface area contributed by atoms with Gasteiger partial charge in [0.25, 0.3) is 5.91 Å². The van der Waals surface area contributed by atoms with Crippen molar-refractivity contribution < 1.29 is 14.3 Å². The van der Waals surface area contributed by atoms with E-state index in [4.69, 9.17) is 37.7 Å². The van der Waals surface area contributed by atoms with Crippen LogP contribution in [0.5, 0.6) is 5.75 Å². The fourth-order valence-corrected chi connectivity index (χ4v) is 5.38. The van der Waals surface area contributed by atoms with Crippen molar-refractivity contribution in [3.63, 3.8) is 0 Å². The smallest absolute Gasteiger partial charge is 0.266 e. The first-order valence-electron chi connectivity index (χ1n) is 11.8. The van der Waals surface area contributed by atoms with Crippen LogP contribution in [0.1, 0.15) is 11.1 Å². The summed E-state index contributed by atoms with van der Waals surface area (Å²) in [4.78, 5) is 22.1. The number of anilines is 1. The zero-order chi connectivity index (χ0) is 25.8. The minimum absolute atomic E-state index is 0.0774. The molecule has 0 atom stereocenters. The van der Waals surface area contributed by atoms with Gasteiger partial charge in [-0.2, -0.15) is 0 Å². The predicted molar refractivity (Wildman–Crippen MR) is 152 cm³/mol. The Kier molecular flexibility index (Phi) is 8.05. The number of aliphatic imine (C=N–C) groups is 1. The Morgan fingerprint density at radius 1 is 1.03 bits per heavy atom. The molecule has 2 saturated heterocycles. The maximum Gasteiger partial charge on any atom is 0.266 e. The molecule has 0 aromatic heterocycles. The standard InChI is InChI=1S/C28H25Cl2N3O3S/c1-32-27(34)26(37-28(32)31-22-6-8-23(9-7-22)33-12-14-35-15-13-33)16-19-2-10-24(11-3-19)36-18-20-4-5-21(29)17-25(20)30/h2-11,16-17H,12-15,18H2,1H3/b26-16-,31-28?. The van der Waals surface area contributed by atoms with Gasteiger partial charge < -0.3 is 14.4 Å². The quantitative estimate of drug-likeness (QED) is 0.320. The molecule has 0 spiro atoms. The molecule has 6 nitrogen and oxygen atoms in total. The van der Waals surface area contributed by atoms with Crippen molar-refractivity contribution in [1.82, 2.24) is 4.90 Å². The number of ether oxygens (including phenoxy) is 2. The van der Waals surface area contributed by atoms with Crippen molar-refractivity contribution >= 4 is 63.5 Å². The lowest BCUT2D eigenvalue weighted by Crippen LogP contribution is -2.36. The summed E-state index contributed by atoms with van der Waals surface area (Å²) in [6.45, 7) is 3.61. The van der Waals surface area contributed by atoms with E-state index in [1.54, 1.807) is 24.1 Å². The highest BCUT2D eigenvalue weighted by Crippen LogP contribution is 2.34. The molecule has 2 heterocycles. The number of hydrogen-bond donors (Lipinski definition) is 0. The number of likely N-dealkylation sites (N-methyl/N-ethyl adjacent to an activating group) is 1. The number of halogens is 2. The molecule has 0 radical (unpaired) electrons. The molecule has 0 N–H and O–H groups in total. The third-order valence-corrected chi connectivity index (χ3v) is 7.69. The molecule has 3 aromatic carbocycles. The van der Waals surface area contributed by atoms with Crippen LogP contribution in [0.15, 0.2) is 76.6 Å². The van der Waals surface area contributed by atoms with E-state index in [9.17, 15) is 4.79 Å². The predicted octanol–water partition coefficient (Wildman–Crippen LogP) is 6.64. The summed E-state index contributed by atoms with van der Waals surface area (Å²) in [5, 5.41) is 1.81. The summed E-state index contributed by atoms with van der Waals surface area (Å²) in [5.41, 5.74) is 3.72. The molecule has 1 amide bonds. The molecule has 0 aliphatic carbocycles. The minimum Gasteiger partial charge on any atom is -0.489 e. The molecule has 2 aliphatic heterocycles. The van der Waals surface area contributed by atoms with Gasteiger partial charge in [-0.05, 0) is 71.9 Å². The number of amidine groups is 1. The highest BCUT2D eigenvalue weighted by Gasteiger charge is 2.30. The summed E-state index contributed by atoms with van der Waals surface area (Å²) in [6.07, 6.45) is 1.87. The third kappa shape index (κ3) is 6.30. The molecule has 0 unspecified atom stereocenters. The zero-order valence-corrected chi connectivity index (χ0v) is 22.5. The first kappa shape index (κ1) is 25.7. The van der Waals surface area contributed by atoms with E-state index in [0.29, 0.717) is 32.5 Å². The molecule has 9 heteroatoms. The first-order valence-corrected chi connectivity index (χ1v) is 13.4. The van der Waals surface area contributed by atoms with E-state index in [1.165, 1.54) is 11.8 Å². The van der Waals surface area contributed by atoms with Gasteiger partial charge >= 0.3 is 0 Å². The van der Waals surface area contributed by atoms with E-state index in [0.717, 1.165) is 48.8 Å². The van der Waals surface area contributed by atoms with Gasteiger partial charge in [0, 0.05) is 41.4 Å². The normalized spacial score (nSPS) is 18.2. The average molecular weight is 554 g/mol. The van der Waals surface area contributed by atoms with Gasteiger partial charge in [0.05, 0.1) is 23.8 Å². The fourth-order valence-electron chi connectivity index (χ4n) is 3.93. The maximum atomic E-state index is 12.8. The Morgan fingerprint density at radius 3 is 2.46 bits per heavy atom. The van der Waals surface area contributed by atoms with Gasteiger partial charge in [-0.15, -0.1) is 0 Å². The SMILES string of the molecule is CN1C(=O)/C(=C/c2ccc(OCc3ccc(Cl)cc3Cl)cc2)SC1=Nc1ccc(N2CCOCC2)cc1. The number of morpholine rings is 1. The Bertz CT molecular complexity index is 1340. The molecule has 0 bridgehead atoms. The molecular formula is C28H25Cl2N3O3S. The number of hydrogen-bond acceptors (Lipinski definition) is 6. The molecule has 2 fully saturated rings. The molecular weight excluding hydrogens is 529 g/mol. The lowest BCUT2D eigenvalue weighted by molar-refractivity contribution is -0.121.